The van der Waals surface area contributed by atoms with E-state index in [0.717, 1.165) is 43.6 Å². The van der Waals surface area contributed by atoms with Crippen molar-refractivity contribution in [2.75, 3.05) is 4.90 Å². The Hall–Kier alpha value is -1.91. The van der Waals surface area contributed by atoms with Gasteiger partial charge in [0.1, 0.15) is 5.82 Å². The van der Waals surface area contributed by atoms with Gasteiger partial charge in [-0.3, -0.25) is 0 Å². The molecule has 4 rings (SSSR count). The lowest BCUT2D eigenvalue weighted by atomic mass is 9.90. The number of para-hydroxylation sites is 1. The molecule has 1 fully saturated rings. The molecule has 1 aliphatic rings. The summed E-state index contributed by atoms with van der Waals surface area (Å²) in [6.45, 7) is 0.925. The highest BCUT2D eigenvalue weighted by Crippen LogP contribution is 2.29. The monoisotopic (exact) mass is 337 g/mol. The molecule has 1 aliphatic carbocycles. The topological polar surface area (TPSA) is 42.1 Å². The molecular weight excluding hydrogens is 314 g/mol. The number of benzene rings is 1. The van der Waals surface area contributed by atoms with E-state index in [1.165, 1.54) is 10.9 Å². The van der Waals surface area contributed by atoms with E-state index in [2.05, 4.69) is 58.1 Å². The SMILES string of the molecule is NC1CCC(N(Cc2ccsc2)c2ccc3ccccc3n2)CC1. The first-order valence-corrected chi connectivity index (χ1v) is 9.63. The fourth-order valence-electron chi connectivity index (χ4n) is 3.60. The summed E-state index contributed by atoms with van der Waals surface area (Å²) in [6.07, 6.45) is 4.52. The Balaban J connectivity index is 1.67. The average molecular weight is 337 g/mol. The van der Waals surface area contributed by atoms with E-state index in [-0.39, 0.29) is 0 Å². The Morgan fingerprint density at radius 3 is 2.67 bits per heavy atom. The predicted molar refractivity (Wildman–Crippen MR) is 102 cm³/mol. The normalized spacial score (nSPS) is 21.0. The molecule has 3 aromatic rings. The zero-order valence-corrected chi connectivity index (χ0v) is 14.6. The van der Waals surface area contributed by atoms with Crippen molar-refractivity contribution < 1.29 is 0 Å². The number of thiophene rings is 1. The van der Waals surface area contributed by atoms with E-state index in [1.807, 2.05) is 0 Å². The molecule has 124 valence electrons. The molecule has 0 aliphatic heterocycles. The van der Waals surface area contributed by atoms with Crippen molar-refractivity contribution in [3.05, 3.63) is 58.8 Å². The third-order valence-electron chi connectivity index (χ3n) is 4.99. The Bertz CT molecular complexity index is 792. The van der Waals surface area contributed by atoms with Crippen LogP contribution in [0, 0.1) is 0 Å². The summed E-state index contributed by atoms with van der Waals surface area (Å²) in [6, 6.07) is 15.8. The largest absolute Gasteiger partial charge is 0.349 e. The van der Waals surface area contributed by atoms with E-state index < -0.39 is 0 Å². The molecule has 0 unspecified atom stereocenters. The molecule has 2 heterocycles. The molecule has 4 heteroatoms. The van der Waals surface area contributed by atoms with Crippen molar-refractivity contribution in [3.8, 4) is 0 Å². The van der Waals surface area contributed by atoms with Gasteiger partial charge in [0.15, 0.2) is 0 Å². The van der Waals surface area contributed by atoms with Gasteiger partial charge >= 0.3 is 0 Å². The van der Waals surface area contributed by atoms with Crippen molar-refractivity contribution in [1.82, 2.24) is 4.98 Å². The maximum atomic E-state index is 6.11. The maximum Gasteiger partial charge on any atom is 0.129 e. The van der Waals surface area contributed by atoms with Crippen molar-refractivity contribution in [2.24, 2.45) is 5.73 Å². The first kappa shape index (κ1) is 15.6. The minimum absolute atomic E-state index is 0.369. The third kappa shape index (κ3) is 3.30. The molecular formula is C20H23N3S. The highest BCUT2D eigenvalue weighted by atomic mass is 32.1. The van der Waals surface area contributed by atoms with Crippen LogP contribution in [0.25, 0.3) is 10.9 Å². The Kier molecular flexibility index (Phi) is 4.50. The molecule has 0 saturated heterocycles. The van der Waals surface area contributed by atoms with Crippen molar-refractivity contribution >= 4 is 28.1 Å². The number of rotatable bonds is 4. The molecule has 2 N–H and O–H groups in total. The van der Waals surface area contributed by atoms with Crippen LogP contribution in [-0.2, 0) is 6.54 Å². The van der Waals surface area contributed by atoms with Crippen LogP contribution >= 0.6 is 11.3 Å². The van der Waals surface area contributed by atoms with Gasteiger partial charge in [-0.25, -0.2) is 4.98 Å². The van der Waals surface area contributed by atoms with Crippen LogP contribution < -0.4 is 10.6 Å². The van der Waals surface area contributed by atoms with Crippen LogP contribution in [0.2, 0.25) is 0 Å². The standard InChI is InChI=1S/C20H23N3S/c21-17-6-8-18(9-7-17)23(13-15-11-12-24-14-15)20-10-5-16-3-1-2-4-19(16)22-20/h1-5,10-12,14,17-18H,6-9,13,21H2. The van der Waals surface area contributed by atoms with Crippen molar-refractivity contribution in [1.29, 1.82) is 0 Å². The maximum absolute atomic E-state index is 6.11. The Labute approximate surface area is 147 Å². The highest BCUT2D eigenvalue weighted by Gasteiger charge is 2.25. The minimum Gasteiger partial charge on any atom is -0.349 e. The van der Waals surface area contributed by atoms with E-state index >= 15 is 0 Å². The molecule has 3 nitrogen and oxygen atoms in total. The van der Waals surface area contributed by atoms with Gasteiger partial charge in [-0.05, 0) is 66.3 Å². The van der Waals surface area contributed by atoms with Gasteiger partial charge in [0, 0.05) is 24.0 Å². The van der Waals surface area contributed by atoms with Crippen LogP contribution in [0.5, 0.6) is 0 Å². The number of aromatic nitrogens is 1. The smallest absolute Gasteiger partial charge is 0.129 e. The molecule has 1 aromatic carbocycles. The first-order valence-electron chi connectivity index (χ1n) is 8.69. The summed E-state index contributed by atoms with van der Waals surface area (Å²) >= 11 is 1.76. The molecule has 0 atom stereocenters. The minimum atomic E-state index is 0.369. The second-order valence-corrected chi connectivity index (χ2v) is 7.47. The van der Waals surface area contributed by atoms with E-state index in [4.69, 9.17) is 10.7 Å². The second-order valence-electron chi connectivity index (χ2n) is 6.69. The van der Waals surface area contributed by atoms with E-state index in [1.54, 1.807) is 11.3 Å². The third-order valence-corrected chi connectivity index (χ3v) is 5.73. The van der Waals surface area contributed by atoms with E-state index in [0.29, 0.717) is 12.1 Å². The zero-order chi connectivity index (χ0) is 16.4. The van der Waals surface area contributed by atoms with Crippen molar-refractivity contribution in [3.63, 3.8) is 0 Å². The molecule has 0 amide bonds. The Morgan fingerprint density at radius 1 is 1.04 bits per heavy atom. The zero-order valence-electron chi connectivity index (χ0n) is 13.8. The van der Waals surface area contributed by atoms with Crippen molar-refractivity contribution in [2.45, 2.75) is 44.3 Å². The fraction of sp³-hybridized carbons (Fsp3) is 0.350. The molecule has 0 radical (unpaired) electrons. The molecule has 2 aromatic heterocycles. The average Bonchev–Trinajstić information content (AvgIpc) is 3.13. The summed E-state index contributed by atoms with van der Waals surface area (Å²) in [5.41, 5.74) is 8.55. The van der Waals surface area contributed by atoms with Gasteiger partial charge in [0.05, 0.1) is 5.52 Å². The predicted octanol–water partition coefficient (Wildman–Crippen LogP) is 4.57. The van der Waals surface area contributed by atoms with Gasteiger partial charge in [-0.2, -0.15) is 11.3 Å². The summed E-state index contributed by atoms with van der Waals surface area (Å²) in [4.78, 5) is 7.43. The summed E-state index contributed by atoms with van der Waals surface area (Å²) in [5.74, 6) is 1.08. The molecule has 24 heavy (non-hydrogen) atoms. The van der Waals surface area contributed by atoms with Gasteiger partial charge in [-0.1, -0.05) is 18.2 Å². The number of anilines is 1. The number of hydrogen-bond acceptors (Lipinski definition) is 4. The van der Waals surface area contributed by atoms with Gasteiger partial charge < -0.3 is 10.6 Å². The van der Waals surface area contributed by atoms with Crippen LogP contribution in [0.4, 0.5) is 5.82 Å². The number of fused-ring (bicyclic) bond motifs is 1. The Morgan fingerprint density at radius 2 is 1.88 bits per heavy atom. The summed E-state index contributed by atoms with van der Waals surface area (Å²) < 4.78 is 0. The first-order chi connectivity index (χ1) is 11.8. The number of pyridine rings is 1. The van der Waals surface area contributed by atoms with Crippen LogP contribution in [0.3, 0.4) is 0 Å². The molecule has 0 bridgehead atoms. The van der Waals surface area contributed by atoms with Gasteiger partial charge in [-0.15, -0.1) is 0 Å². The number of nitrogens with two attached hydrogens (primary N) is 1. The number of nitrogens with zero attached hydrogens (tertiary/aromatic N) is 2. The summed E-state index contributed by atoms with van der Waals surface area (Å²) in [5, 5.41) is 5.59. The molecule has 0 spiro atoms. The highest BCUT2D eigenvalue weighted by molar-refractivity contribution is 7.07. The lowest BCUT2D eigenvalue weighted by Crippen LogP contribution is -2.41. The van der Waals surface area contributed by atoms with E-state index in [9.17, 15) is 0 Å². The number of hydrogen-bond donors (Lipinski definition) is 1. The lowest BCUT2D eigenvalue weighted by molar-refractivity contribution is 0.373. The fourth-order valence-corrected chi connectivity index (χ4v) is 4.26. The quantitative estimate of drug-likeness (QED) is 0.758. The van der Waals surface area contributed by atoms with Gasteiger partial charge in [0.2, 0.25) is 0 Å². The summed E-state index contributed by atoms with van der Waals surface area (Å²) in [7, 11) is 0. The molecule has 1 saturated carbocycles. The second kappa shape index (κ2) is 6.91. The van der Waals surface area contributed by atoms with Crippen LogP contribution in [-0.4, -0.2) is 17.1 Å². The lowest BCUT2D eigenvalue weighted by Gasteiger charge is -2.37. The van der Waals surface area contributed by atoms with Crippen LogP contribution in [0.15, 0.2) is 53.2 Å². The van der Waals surface area contributed by atoms with Gasteiger partial charge in [0.25, 0.3) is 0 Å². The van der Waals surface area contributed by atoms with Crippen LogP contribution in [0.1, 0.15) is 31.2 Å².